The van der Waals surface area contributed by atoms with Gasteiger partial charge in [-0.2, -0.15) is 0 Å². The maximum absolute atomic E-state index is 12.7. The number of hydrogen-bond donors (Lipinski definition) is 2. The second-order valence-electron chi connectivity index (χ2n) is 5.65. The largest absolute Gasteiger partial charge is 0.388 e. The van der Waals surface area contributed by atoms with Gasteiger partial charge < -0.3 is 10.1 Å². The van der Waals surface area contributed by atoms with E-state index in [0.29, 0.717) is 11.5 Å². The van der Waals surface area contributed by atoms with E-state index in [1.54, 1.807) is 0 Å². The fourth-order valence-corrected chi connectivity index (χ4v) is 4.62. The average Bonchev–Trinajstić information content (AvgIpc) is 2.90. The van der Waals surface area contributed by atoms with Gasteiger partial charge in [-0.25, -0.2) is 13.1 Å². The number of ether oxygens (including phenoxy) is 1. The molecular weight excluding hydrogens is 288 g/mol. The van der Waals surface area contributed by atoms with Crippen LogP contribution in [0.3, 0.4) is 0 Å². The summed E-state index contributed by atoms with van der Waals surface area (Å²) in [5.41, 5.74) is 2.40. The maximum atomic E-state index is 12.7. The molecule has 118 valence electrons. The number of sulfonamides is 1. The predicted octanol–water partition coefficient (Wildman–Crippen LogP) is 2.19. The van der Waals surface area contributed by atoms with Crippen LogP contribution in [0.25, 0.3) is 0 Å². The average molecular weight is 312 g/mol. The van der Waals surface area contributed by atoms with E-state index in [-0.39, 0.29) is 12.1 Å². The molecule has 2 unspecified atom stereocenters. The predicted molar refractivity (Wildman–Crippen MR) is 84.2 cm³/mol. The molecule has 21 heavy (non-hydrogen) atoms. The van der Waals surface area contributed by atoms with Crippen molar-refractivity contribution in [2.75, 3.05) is 19.0 Å². The first-order valence-corrected chi connectivity index (χ1v) is 8.76. The van der Waals surface area contributed by atoms with Gasteiger partial charge in [0.1, 0.15) is 0 Å². The van der Waals surface area contributed by atoms with Gasteiger partial charge in [0.15, 0.2) is 0 Å². The molecule has 0 spiro atoms. The zero-order chi connectivity index (χ0) is 15.6. The molecule has 0 bridgehead atoms. The van der Waals surface area contributed by atoms with Gasteiger partial charge in [0.05, 0.1) is 11.0 Å². The van der Waals surface area contributed by atoms with Crippen LogP contribution in [0.1, 0.15) is 30.9 Å². The normalized spacial score (nSPS) is 20.5. The Morgan fingerprint density at radius 1 is 1.29 bits per heavy atom. The summed E-state index contributed by atoms with van der Waals surface area (Å²) in [6.07, 6.45) is 1.86. The fourth-order valence-electron chi connectivity index (χ4n) is 2.89. The molecule has 1 aliphatic rings. The number of rotatable bonds is 5. The standard InChI is InChI=1S/C15H24N2O3S/c1-10-8-13(16-4)9-11(2)15(10)21(18,19)17-12(3)14-6-5-7-20-14/h8-9,12,14,16-17H,5-7H2,1-4H3. The Morgan fingerprint density at radius 3 is 2.38 bits per heavy atom. The van der Waals surface area contributed by atoms with Crippen LogP contribution in [-0.2, 0) is 14.8 Å². The first kappa shape index (κ1) is 16.3. The van der Waals surface area contributed by atoms with Gasteiger partial charge in [0.2, 0.25) is 10.0 Å². The van der Waals surface area contributed by atoms with Gasteiger partial charge in [0.25, 0.3) is 0 Å². The van der Waals surface area contributed by atoms with Crippen LogP contribution >= 0.6 is 0 Å². The van der Waals surface area contributed by atoms with Crippen molar-refractivity contribution in [2.24, 2.45) is 0 Å². The van der Waals surface area contributed by atoms with Crippen molar-refractivity contribution >= 4 is 15.7 Å². The smallest absolute Gasteiger partial charge is 0.241 e. The molecule has 1 aliphatic heterocycles. The van der Waals surface area contributed by atoms with Gasteiger partial charge in [-0.05, 0) is 56.9 Å². The van der Waals surface area contributed by atoms with E-state index in [4.69, 9.17) is 4.74 Å². The summed E-state index contributed by atoms with van der Waals surface area (Å²) in [5, 5.41) is 3.04. The number of nitrogens with one attached hydrogen (secondary N) is 2. The van der Waals surface area contributed by atoms with E-state index >= 15 is 0 Å². The Morgan fingerprint density at radius 2 is 1.90 bits per heavy atom. The highest BCUT2D eigenvalue weighted by atomic mass is 32.2. The van der Waals surface area contributed by atoms with Gasteiger partial charge in [-0.1, -0.05) is 0 Å². The molecule has 0 saturated carbocycles. The Hall–Kier alpha value is -1.11. The second kappa shape index (κ2) is 6.34. The van der Waals surface area contributed by atoms with Gasteiger partial charge in [-0.3, -0.25) is 0 Å². The first-order chi connectivity index (χ1) is 9.85. The lowest BCUT2D eigenvalue weighted by Crippen LogP contribution is -2.41. The maximum Gasteiger partial charge on any atom is 0.241 e. The van der Waals surface area contributed by atoms with E-state index in [2.05, 4.69) is 10.0 Å². The Labute approximate surface area is 127 Å². The van der Waals surface area contributed by atoms with Gasteiger partial charge >= 0.3 is 0 Å². The van der Waals surface area contributed by atoms with Crippen LogP contribution in [0.5, 0.6) is 0 Å². The van der Waals surface area contributed by atoms with Crippen LogP contribution in [0.4, 0.5) is 5.69 Å². The zero-order valence-electron chi connectivity index (χ0n) is 13.1. The lowest BCUT2D eigenvalue weighted by Gasteiger charge is -2.21. The molecule has 6 heteroatoms. The van der Waals surface area contributed by atoms with Crippen LogP contribution in [0.15, 0.2) is 17.0 Å². The third kappa shape index (κ3) is 3.56. The van der Waals surface area contributed by atoms with E-state index in [1.165, 1.54) is 0 Å². The zero-order valence-corrected chi connectivity index (χ0v) is 13.9. The van der Waals surface area contributed by atoms with Gasteiger partial charge in [0, 0.05) is 25.4 Å². The van der Waals surface area contributed by atoms with Crippen molar-refractivity contribution in [2.45, 2.75) is 50.7 Å². The number of benzene rings is 1. The van der Waals surface area contributed by atoms with Crippen LogP contribution < -0.4 is 10.0 Å². The first-order valence-electron chi connectivity index (χ1n) is 7.28. The van der Waals surface area contributed by atoms with Crippen LogP contribution in [0.2, 0.25) is 0 Å². The Bertz CT molecular complexity index is 584. The minimum absolute atomic E-state index is 0.0306. The topological polar surface area (TPSA) is 67.4 Å². The van der Waals surface area contributed by atoms with Crippen LogP contribution in [0, 0.1) is 13.8 Å². The molecule has 0 amide bonds. The lowest BCUT2D eigenvalue weighted by molar-refractivity contribution is 0.0902. The molecule has 0 aromatic heterocycles. The Kier molecular flexibility index (Phi) is 4.91. The van der Waals surface area contributed by atoms with Crippen molar-refractivity contribution in [3.63, 3.8) is 0 Å². The molecule has 1 aromatic rings. The minimum atomic E-state index is -3.54. The summed E-state index contributed by atoms with van der Waals surface area (Å²) in [6, 6.07) is 3.47. The van der Waals surface area contributed by atoms with Gasteiger partial charge in [-0.15, -0.1) is 0 Å². The number of aryl methyl sites for hydroxylation is 2. The Balaban J connectivity index is 2.27. The molecule has 1 fully saturated rings. The molecular formula is C15H24N2O3S. The van der Waals surface area contributed by atoms with Crippen molar-refractivity contribution in [3.05, 3.63) is 23.3 Å². The van der Waals surface area contributed by atoms with Crippen LogP contribution in [-0.4, -0.2) is 34.2 Å². The van der Waals surface area contributed by atoms with E-state index < -0.39 is 10.0 Å². The highest BCUT2D eigenvalue weighted by molar-refractivity contribution is 7.89. The molecule has 1 aromatic carbocycles. The van der Waals surface area contributed by atoms with Crippen molar-refractivity contribution in [1.29, 1.82) is 0 Å². The summed E-state index contributed by atoms with van der Waals surface area (Å²) in [4.78, 5) is 0.367. The van der Waals surface area contributed by atoms with E-state index in [9.17, 15) is 8.42 Å². The summed E-state index contributed by atoms with van der Waals surface area (Å²) < 4.78 is 33.6. The molecule has 0 aliphatic carbocycles. The molecule has 2 rings (SSSR count). The fraction of sp³-hybridized carbons (Fsp3) is 0.600. The molecule has 1 heterocycles. The third-order valence-corrected chi connectivity index (χ3v) is 5.74. The molecule has 2 atom stereocenters. The van der Waals surface area contributed by atoms with Crippen molar-refractivity contribution in [3.8, 4) is 0 Å². The molecule has 2 N–H and O–H groups in total. The lowest BCUT2D eigenvalue weighted by atomic mass is 10.1. The summed E-state index contributed by atoms with van der Waals surface area (Å²) in [5.74, 6) is 0. The molecule has 5 nitrogen and oxygen atoms in total. The van der Waals surface area contributed by atoms with E-state index in [0.717, 1.165) is 29.7 Å². The van der Waals surface area contributed by atoms with Crippen molar-refractivity contribution in [1.82, 2.24) is 4.72 Å². The minimum Gasteiger partial charge on any atom is -0.388 e. The number of hydrogen-bond acceptors (Lipinski definition) is 4. The summed E-state index contributed by atoms with van der Waals surface area (Å²) in [7, 11) is -1.72. The SMILES string of the molecule is CNc1cc(C)c(S(=O)(=O)NC(C)C2CCCO2)c(C)c1. The van der Waals surface area contributed by atoms with Crippen molar-refractivity contribution < 1.29 is 13.2 Å². The number of anilines is 1. The highest BCUT2D eigenvalue weighted by Crippen LogP contribution is 2.25. The highest BCUT2D eigenvalue weighted by Gasteiger charge is 2.28. The molecule has 0 radical (unpaired) electrons. The van der Waals surface area contributed by atoms with E-state index in [1.807, 2.05) is 40.0 Å². The monoisotopic (exact) mass is 312 g/mol. The molecule has 1 saturated heterocycles. The quantitative estimate of drug-likeness (QED) is 0.874. The third-order valence-electron chi connectivity index (χ3n) is 3.88. The second-order valence-corrected chi connectivity index (χ2v) is 7.30. The summed E-state index contributed by atoms with van der Waals surface area (Å²) >= 11 is 0. The summed E-state index contributed by atoms with van der Waals surface area (Å²) in [6.45, 7) is 6.21.